The van der Waals surface area contributed by atoms with Crippen molar-refractivity contribution < 1.29 is 17.6 Å². The largest absolute Gasteiger partial charge is 0.205 e. The van der Waals surface area contributed by atoms with Crippen molar-refractivity contribution in [3.8, 4) is 0 Å². The highest BCUT2D eigenvalue weighted by Crippen LogP contribution is 2.26. The van der Waals surface area contributed by atoms with E-state index in [1.807, 2.05) is 0 Å². The maximum atomic E-state index is 13.2. The van der Waals surface area contributed by atoms with E-state index in [9.17, 15) is 17.6 Å². The summed E-state index contributed by atoms with van der Waals surface area (Å²) in [7, 11) is 0. The van der Waals surface area contributed by atoms with E-state index < -0.39 is 26.8 Å². The fourth-order valence-electron chi connectivity index (χ4n) is 1.12. The van der Waals surface area contributed by atoms with Crippen molar-refractivity contribution in [1.29, 1.82) is 0 Å². The molecule has 0 bridgehead atoms. The third-order valence-corrected chi connectivity index (χ3v) is 2.75. The van der Waals surface area contributed by atoms with Gasteiger partial charge in [-0.15, -0.1) is 0 Å². The second kappa shape index (κ2) is 4.46. The minimum absolute atomic E-state index is 0.0604. The van der Waals surface area contributed by atoms with Gasteiger partial charge in [0.2, 0.25) is 0 Å². The first-order valence-electron chi connectivity index (χ1n) is 4.01. The molecular weight excluding hydrogens is 311 g/mol. The Hall–Kier alpha value is -0.330. The lowest BCUT2D eigenvalue weighted by atomic mass is 10.1. The van der Waals surface area contributed by atoms with Crippen molar-refractivity contribution in [1.82, 2.24) is 0 Å². The molecule has 0 saturated heterocycles. The summed E-state index contributed by atoms with van der Waals surface area (Å²) in [6.45, 7) is 1.70. The van der Waals surface area contributed by atoms with Crippen molar-refractivity contribution >= 4 is 22.6 Å². The summed E-state index contributed by atoms with van der Waals surface area (Å²) in [4.78, 5) is 0. The van der Waals surface area contributed by atoms with Gasteiger partial charge in [-0.3, -0.25) is 0 Å². The van der Waals surface area contributed by atoms with Gasteiger partial charge in [-0.05, 0) is 29.0 Å². The van der Waals surface area contributed by atoms with E-state index in [1.165, 1.54) is 22.6 Å². The Morgan fingerprint density at radius 2 is 1.50 bits per heavy atom. The standard InChI is InChI=1S/C9H7F4I/c1-2-3-4-5(10)7(12)8(13)9(14)6(4)11/h2-3H2,1H3. The average Bonchev–Trinajstić information content (AvgIpc) is 2.19. The molecule has 0 aliphatic heterocycles. The van der Waals surface area contributed by atoms with Crippen molar-refractivity contribution in [3.63, 3.8) is 0 Å². The Labute approximate surface area is 92.5 Å². The van der Waals surface area contributed by atoms with Crippen molar-refractivity contribution in [3.05, 3.63) is 32.4 Å². The molecule has 0 atom stereocenters. The van der Waals surface area contributed by atoms with Gasteiger partial charge in [0, 0.05) is 5.56 Å². The Kier molecular flexibility index (Phi) is 3.74. The quantitative estimate of drug-likeness (QED) is 0.337. The van der Waals surface area contributed by atoms with Crippen LogP contribution in [0.1, 0.15) is 18.9 Å². The van der Waals surface area contributed by atoms with Crippen molar-refractivity contribution in [2.24, 2.45) is 0 Å². The highest BCUT2D eigenvalue weighted by atomic mass is 127. The van der Waals surface area contributed by atoms with Gasteiger partial charge in [-0.2, -0.15) is 0 Å². The Morgan fingerprint density at radius 1 is 0.929 bits per heavy atom. The topological polar surface area (TPSA) is 0 Å². The van der Waals surface area contributed by atoms with Crippen LogP contribution in [0.5, 0.6) is 0 Å². The summed E-state index contributed by atoms with van der Waals surface area (Å²) >= 11 is 1.32. The van der Waals surface area contributed by atoms with Gasteiger partial charge in [0.25, 0.3) is 0 Å². The molecular formula is C9H7F4I. The molecule has 0 saturated carbocycles. The van der Waals surface area contributed by atoms with Gasteiger partial charge >= 0.3 is 0 Å². The average molecular weight is 318 g/mol. The smallest absolute Gasteiger partial charge is 0.195 e. The Balaban J connectivity index is 3.43. The molecule has 0 nitrogen and oxygen atoms in total. The molecule has 0 aliphatic carbocycles. The number of benzene rings is 1. The van der Waals surface area contributed by atoms with Gasteiger partial charge < -0.3 is 0 Å². The van der Waals surface area contributed by atoms with Crippen molar-refractivity contribution in [2.45, 2.75) is 19.8 Å². The lowest BCUT2D eigenvalue weighted by Crippen LogP contribution is -2.05. The number of halogens is 5. The monoisotopic (exact) mass is 318 g/mol. The summed E-state index contributed by atoms with van der Waals surface area (Å²) in [5, 5.41) is 0. The van der Waals surface area contributed by atoms with Gasteiger partial charge in [0.15, 0.2) is 17.5 Å². The maximum absolute atomic E-state index is 13.2. The third-order valence-electron chi connectivity index (χ3n) is 1.80. The second-order valence-electron chi connectivity index (χ2n) is 2.80. The zero-order chi connectivity index (χ0) is 10.9. The fourth-order valence-corrected chi connectivity index (χ4v) is 1.68. The molecule has 78 valence electrons. The maximum Gasteiger partial charge on any atom is 0.195 e. The Bertz CT molecular complexity index is 333. The summed E-state index contributed by atoms with van der Waals surface area (Å²) < 4.78 is 51.4. The summed E-state index contributed by atoms with van der Waals surface area (Å²) in [5.41, 5.74) is -0.379. The highest BCUT2D eigenvalue weighted by molar-refractivity contribution is 14.1. The zero-order valence-electron chi connectivity index (χ0n) is 7.30. The predicted octanol–water partition coefficient (Wildman–Crippen LogP) is 3.80. The molecule has 14 heavy (non-hydrogen) atoms. The van der Waals surface area contributed by atoms with Crippen LogP contribution in [0, 0.1) is 26.8 Å². The molecule has 1 rings (SSSR count). The molecule has 0 heterocycles. The van der Waals surface area contributed by atoms with Crippen LogP contribution in [0.2, 0.25) is 0 Å². The minimum Gasteiger partial charge on any atom is -0.205 e. The van der Waals surface area contributed by atoms with Gasteiger partial charge in [0.1, 0.15) is 5.82 Å². The fraction of sp³-hybridized carbons (Fsp3) is 0.333. The van der Waals surface area contributed by atoms with Gasteiger partial charge in [-0.25, -0.2) is 17.6 Å². The van der Waals surface area contributed by atoms with Gasteiger partial charge in [0.05, 0.1) is 3.57 Å². The molecule has 0 fully saturated rings. The minimum atomic E-state index is -1.60. The normalized spacial score (nSPS) is 10.7. The molecule has 0 spiro atoms. The Morgan fingerprint density at radius 3 is 2.00 bits per heavy atom. The van der Waals surface area contributed by atoms with Crippen molar-refractivity contribution in [2.75, 3.05) is 0 Å². The SMILES string of the molecule is CCCc1c(F)c(F)c(F)c(I)c1F. The molecule has 5 heteroatoms. The lowest BCUT2D eigenvalue weighted by Gasteiger charge is -2.07. The summed E-state index contributed by atoms with van der Waals surface area (Å²) in [5.74, 6) is -5.47. The molecule has 0 aromatic heterocycles. The molecule has 0 unspecified atom stereocenters. The highest BCUT2D eigenvalue weighted by Gasteiger charge is 2.22. The van der Waals surface area contributed by atoms with Crippen LogP contribution in [0.4, 0.5) is 17.6 Å². The molecule has 0 N–H and O–H groups in total. The number of hydrogen-bond acceptors (Lipinski definition) is 0. The van der Waals surface area contributed by atoms with Crippen LogP contribution in [0.15, 0.2) is 0 Å². The molecule has 1 aromatic rings. The number of rotatable bonds is 2. The predicted molar refractivity (Wildman–Crippen MR) is 53.0 cm³/mol. The van der Waals surface area contributed by atoms with Gasteiger partial charge in [-0.1, -0.05) is 13.3 Å². The van der Waals surface area contributed by atoms with E-state index in [0.717, 1.165) is 0 Å². The zero-order valence-corrected chi connectivity index (χ0v) is 9.46. The van der Waals surface area contributed by atoms with Crippen LogP contribution in [-0.2, 0) is 6.42 Å². The molecule has 1 aromatic carbocycles. The van der Waals surface area contributed by atoms with E-state index in [-0.39, 0.29) is 12.0 Å². The van der Waals surface area contributed by atoms with E-state index >= 15 is 0 Å². The first kappa shape index (κ1) is 11.7. The second-order valence-corrected chi connectivity index (χ2v) is 3.88. The van der Waals surface area contributed by atoms with Crippen LogP contribution in [0.25, 0.3) is 0 Å². The first-order valence-corrected chi connectivity index (χ1v) is 5.08. The third kappa shape index (κ3) is 1.87. The van der Waals surface area contributed by atoms with Crippen LogP contribution < -0.4 is 0 Å². The van der Waals surface area contributed by atoms with E-state index in [4.69, 9.17) is 0 Å². The molecule has 0 aliphatic rings. The van der Waals surface area contributed by atoms with Crippen LogP contribution in [0.3, 0.4) is 0 Å². The molecule has 0 radical (unpaired) electrons. The van der Waals surface area contributed by atoms with E-state index in [1.54, 1.807) is 6.92 Å². The van der Waals surface area contributed by atoms with E-state index in [2.05, 4.69) is 0 Å². The summed E-state index contributed by atoms with van der Waals surface area (Å²) in [6, 6.07) is 0. The summed E-state index contributed by atoms with van der Waals surface area (Å²) in [6.07, 6.45) is 0.528. The van der Waals surface area contributed by atoms with Crippen LogP contribution in [-0.4, -0.2) is 0 Å². The first-order chi connectivity index (χ1) is 6.50. The van der Waals surface area contributed by atoms with E-state index in [0.29, 0.717) is 6.42 Å². The van der Waals surface area contributed by atoms with Crippen LogP contribution >= 0.6 is 22.6 Å². The lowest BCUT2D eigenvalue weighted by molar-refractivity contribution is 0.418. The molecule has 0 amide bonds. The number of hydrogen-bond donors (Lipinski definition) is 0.